The fourth-order valence-corrected chi connectivity index (χ4v) is 3.43. The van der Waals surface area contributed by atoms with Crippen molar-refractivity contribution in [3.05, 3.63) is 65.1 Å². The second kappa shape index (κ2) is 5.13. The fraction of sp³-hybridized carbons (Fsp3) is 0. The molecular formula is C17H10BrNOS. The first-order valence-corrected chi connectivity index (χ1v) is 8.08. The molecule has 1 heterocycles. The average molecular weight is 356 g/mol. The van der Waals surface area contributed by atoms with Gasteiger partial charge in [-0.3, -0.25) is 0 Å². The van der Waals surface area contributed by atoms with E-state index >= 15 is 0 Å². The molecule has 0 N–H and O–H groups in total. The van der Waals surface area contributed by atoms with E-state index in [0.717, 1.165) is 31.6 Å². The molecule has 21 heavy (non-hydrogen) atoms. The first-order chi connectivity index (χ1) is 10.3. The third-order valence-corrected chi connectivity index (χ3v) is 4.59. The van der Waals surface area contributed by atoms with Gasteiger partial charge < -0.3 is 4.74 Å². The predicted octanol–water partition coefficient (Wildman–Crippen LogP) is 6.00. The molecule has 0 amide bonds. The molecule has 0 atom stereocenters. The van der Waals surface area contributed by atoms with Gasteiger partial charge in [0.1, 0.15) is 5.75 Å². The summed E-state index contributed by atoms with van der Waals surface area (Å²) in [6, 6.07) is 20.3. The number of halogens is 1. The fourth-order valence-electron chi connectivity index (χ4n) is 2.30. The summed E-state index contributed by atoms with van der Waals surface area (Å²) in [5.74, 6) is 0.833. The maximum Gasteiger partial charge on any atom is 0.207 e. The molecule has 1 aromatic heterocycles. The number of fused-ring (bicyclic) bond motifs is 2. The van der Waals surface area contributed by atoms with Crippen LogP contribution in [-0.2, 0) is 0 Å². The Kier molecular flexibility index (Phi) is 3.13. The Balaban J connectivity index is 1.75. The smallest absolute Gasteiger partial charge is 0.207 e. The van der Waals surface area contributed by atoms with Gasteiger partial charge in [0.25, 0.3) is 0 Å². The summed E-state index contributed by atoms with van der Waals surface area (Å²) < 4.78 is 11.5. The highest BCUT2D eigenvalue weighted by molar-refractivity contribution is 9.10. The van der Waals surface area contributed by atoms with Gasteiger partial charge in [-0.2, -0.15) is 4.37 Å². The van der Waals surface area contributed by atoms with Crippen molar-refractivity contribution in [1.29, 1.82) is 0 Å². The van der Waals surface area contributed by atoms with E-state index in [4.69, 9.17) is 4.74 Å². The Labute approximate surface area is 134 Å². The second-order valence-electron chi connectivity index (χ2n) is 4.74. The highest BCUT2D eigenvalue weighted by Crippen LogP contribution is 2.35. The summed E-state index contributed by atoms with van der Waals surface area (Å²) in [5, 5.41) is 4.23. The van der Waals surface area contributed by atoms with Crippen LogP contribution in [0.15, 0.2) is 65.1 Å². The van der Waals surface area contributed by atoms with E-state index in [1.807, 2.05) is 36.4 Å². The standard InChI is InChI=1S/C17H10BrNOS/c18-13-7-5-12-10-14(8-6-11(12)9-13)20-17-15-3-1-2-4-16(15)19-21-17/h1-10H. The molecule has 3 aromatic carbocycles. The van der Waals surface area contributed by atoms with E-state index in [2.05, 4.69) is 44.6 Å². The predicted molar refractivity (Wildman–Crippen MR) is 91.3 cm³/mol. The summed E-state index contributed by atoms with van der Waals surface area (Å²) >= 11 is 4.87. The quantitative estimate of drug-likeness (QED) is 0.439. The third kappa shape index (κ3) is 2.41. The van der Waals surface area contributed by atoms with Crippen molar-refractivity contribution in [2.24, 2.45) is 0 Å². The lowest BCUT2D eigenvalue weighted by molar-refractivity contribution is 0.502. The Hall–Kier alpha value is -1.91. The highest BCUT2D eigenvalue weighted by Gasteiger charge is 2.08. The lowest BCUT2D eigenvalue weighted by Gasteiger charge is -2.05. The van der Waals surface area contributed by atoms with E-state index < -0.39 is 0 Å². The molecule has 0 aliphatic heterocycles. The molecule has 4 rings (SSSR count). The van der Waals surface area contributed by atoms with E-state index in [0.29, 0.717) is 0 Å². The van der Waals surface area contributed by atoms with Crippen LogP contribution in [0.1, 0.15) is 0 Å². The van der Waals surface area contributed by atoms with Crippen LogP contribution < -0.4 is 4.74 Å². The van der Waals surface area contributed by atoms with Gasteiger partial charge >= 0.3 is 0 Å². The summed E-state index contributed by atoms with van der Waals surface area (Å²) in [7, 11) is 0. The summed E-state index contributed by atoms with van der Waals surface area (Å²) in [5.41, 5.74) is 0.974. The van der Waals surface area contributed by atoms with Crippen molar-refractivity contribution >= 4 is 49.1 Å². The molecular weight excluding hydrogens is 346 g/mol. The van der Waals surface area contributed by atoms with Crippen LogP contribution in [-0.4, -0.2) is 4.37 Å². The van der Waals surface area contributed by atoms with Crippen LogP contribution in [0.2, 0.25) is 0 Å². The van der Waals surface area contributed by atoms with Gasteiger partial charge in [-0.05, 0) is 47.2 Å². The Morgan fingerprint density at radius 2 is 1.71 bits per heavy atom. The van der Waals surface area contributed by atoms with Crippen LogP contribution in [0, 0.1) is 0 Å². The summed E-state index contributed by atoms with van der Waals surface area (Å²) in [6.07, 6.45) is 0. The zero-order chi connectivity index (χ0) is 14.2. The molecule has 4 aromatic rings. The van der Waals surface area contributed by atoms with Crippen molar-refractivity contribution < 1.29 is 4.74 Å². The number of hydrogen-bond donors (Lipinski definition) is 0. The lowest BCUT2D eigenvalue weighted by atomic mass is 10.1. The number of hydrogen-bond acceptors (Lipinski definition) is 3. The van der Waals surface area contributed by atoms with Crippen molar-refractivity contribution in [3.63, 3.8) is 0 Å². The minimum atomic E-state index is 0.833. The van der Waals surface area contributed by atoms with Crippen LogP contribution in [0.5, 0.6) is 10.8 Å². The monoisotopic (exact) mass is 355 g/mol. The van der Waals surface area contributed by atoms with E-state index in [9.17, 15) is 0 Å². The number of aromatic nitrogens is 1. The van der Waals surface area contributed by atoms with Crippen LogP contribution in [0.25, 0.3) is 21.7 Å². The number of benzene rings is 3. The Morgan fingerprint density at radius 3 is 2.67 bits per heavy atom. The maximum atomic E-state index is 6.01. The van der Waals surface area contributed by atoms with E-state index in [1.54, 1.807) is 0 Å². The van der Waals surface area contributed by atoms with E-state index in [-0.39, 0.29) is 0 Å². The van der Waals surface area contributed by atoms with Crippen molar-refractivity contribution in [3.8, 4) is 10.8 Å². The molecule has 0 saturated carbocycles. The van der Waals surface area contributed by atoms with Gasteiger partial charge in [-0.1, -0.05) is 40.2 Å². The van der Waals surface area contributed by atoms with Crippen molar-refractivity contribution in [2.45, 2.75) is 0 Å². The largest absolute Gasteiger partial charge is 0.444 e. The maximum absolute atomic E-state index is 6.01. The molecule has 0 aliphatic rings. The van der Waals surface area contributed by atoms with Gasteiger partial charge in [0.05, 0.1) is 10.9 Å². The molecule has 0 saturated heterocycles. The average Bonchev–Trinajstić information content (AvgIpc) is 2.91. The number of rotatable bonds is 2. The van der Waals surface area contributed by atoms with Crippen molar-refractivity contribution in [2.75, 3.05) is 0 Å². The van der Waals surface area contributed by atoms with Crippen molar-refractivity contribution in [1.82, 2.24) is 4.37 Å². The third-order valence-electron chi connectivity index (χ3n) is 3.34. The van der Waals surface area contributed by atoms with Crippen LogP contribution in [0.4, 0.5) is 0 Å². The molecule has 0 fully saturated rings. The zero-order valence-corrected chi connectivity index (χ0v) is 13.3. The minimum Gasteiger partial charge on any atom is -0.444 e. The SMILES string of the molecule is Brc1ccc2cc(Oc3snc4ccccc34)ccc2c1. The van der Waals surface area contributed by atoms with Gasteiger partial charge in [0.15, 0.2) is 0 Å². The summed E-state index contributed by atoms with van der Waals surface area (Å²) in [4.78, 5) is 0. The Morgan fingerprint density at radius 1 is 0.905 bits per heavy atom. The van der Waals surface area contributed by atoms with Gasteiger partial charge in [0.2, 0.25) is 5.06 Å². The van der Waals surface area contributed by atoms with Gasteiger partial charge in [-0.25, -0.2) is 0 Å². The molecule has 0 unspecified atom stereocenters. The molecule has 0 radical (unpaired) electrons. The summed E-state index contributed by atoms with van der Waals surface area (Å²) in [6.45, 7) is 0. The molecule has 2 nitrogen and oxygen atoms in total. The molecule has 0 aliphatic carbocycles. The molecule has 0 spiro atoms. The van der Waals surface area contributed by atoms with E-state index in [1.165, 1.54) is 16.9 Å². The highest BCUT2D eigenvalue weighted by atomic mass is 79.9. The van der Waals surface area contributed by atoms with Gasteiger partial charge in [0, 0.05) is 16.0 Å². The minimum absolute atomic E-state index is 0.833. The first-order valence-electron chi connectivity index (χ1n) is 6.51. The van der Waals surface area contributed by atoms with Gasteiger partial charge in [-0.15, -0.1) is 0 Å². The zero-order valence-electron chi connectivity index (χ0n) is 10.9. The van der Waals surface area contributed by atoms with Crippen LogP contribution >= 0.6 is 27.5 Å². The topological polar surface area (TPSA) is 22.1 Å². The molecule has 0 bridgehead atoms. The normalized spacial score (nSPS) is 11.1. The number of ether oxygens (including phenoxy) is 1. The Bertz CT molecular complexity index is 948. The lowest BCUT2D eigenvalue weighted by Crippen LogP contribution is -1.82. The first kappa shape index (κ1) is 12.8. The molecule has 4 heteroatoms. The second-order valence-corrected chi connectivity index (χ2v) is 6.39. The number of nitrogens with zero attached hydrogens (tertiary/aromatic N) is 1. The molecule has 102 valence electrons. The van der Waals surface area contributed by atoms with Crippen LogP contribution in [0.3, 0.4) is 0 Å².